The molecule has 0 amide bonds. The van der Waals surface area contributed by atoms with Gasteiger partial charge in [-0.05, 0) is 43.0 Å². The van der Waals surface area contributed by atoms with Gasteiger partial charge in [0.2, 0.25) is 0 Å². The Kier molecular flexibility index (Phi) is 16.5. The van der Waals surface area contributed by atoms with E-state index in [1.54, 1.807) is 24.3 Å². The Balaban J connectivity index is 2.20. The van der Waals surface area contributed by atoms with Crippen LogP contribution in [-0.2, 0) is 9.47 Å². The van der Waals surface area contributed by atoms with E-state index in [9.17, 15) is 9.59 Å². The predicted molar refractivity (Wildman–Crippen MR) is 132 cm³/mol. The van der Waals surface area contributed by atoms with E-state index in [2.05, 4.69) is 20.8 Å². The molecule has 0 heterocycles. The summed E-state index contributed by atoms with van der Waals surface area (Å²) >= 11 is 0. The number of esters is 2. The molecule has 0 radical (unpaired) electrons. The third-order valence-electron chi connectivity index (χ3n) is 6.08. The maximum atomic E-state index is 12.3. The van der Waals surface area contributed by atoms with Crippen LogP contribution in [0, 0.1) is 5.92 Å². The van der Waals surface area contributed by atoms with E-state index in [-0.39, 0.29) is 11.9 Å². The minimum atomic E-state index is -0.328. The Hall–Kier alpha value is -1.84. The van der Waals surface area contributed by atoms with E-state index >= 15 is 0 Å². The van der Waals surface area contributed by atoms with Gasteiger partial charge in [0, 0.05) is 0 Å². The van der Waals surface area contributed by atoms with Gasteiger partial charge in [0.05, 0.1) is 24.3 Å². The van der Waals surface area contributed by atoms with Crippen LogP contribution in [0.3, 0.4) is 0 Å². The van der Waals surface area contributed by atoms with Crippen LogP contribution in [-0.4, -0.2) is 25.2 Å². The molecule has 0 saturated carbocycles. The highest BCUT2D eigenvalue weighted by Gasteiger charge is 2.13. The van der Waals surface area contributed by atoms with Crippen molar-refractivity contribution in [2.24, 2.45) is 5.92 Å². The van der Waals surface area contributed by atoms with Gasteiger partial charge in [-0.3, -0.25) is 0 Å². The van der Waals surface area contributed by atoms with Gasteiger partial charge in [-0.25, -0.2) is 9.59 Å². The lowest BCUT2D eigenvalue weighted by Crippen LogP contribution is -2.14. The molecule has 1 atom stereocenters. The number of carbonyl (C=O) groups is 2. The van der Waals surface area contributed by atoms with Gasteiger partial charge >= 0.3 is 11.9 Å². The van der Waals surface area contributed by atoms with Gasteiger partial charge in [-0.2, -0.15) is 0 Å². The minimum Gasteiger partial charge on any atom is -0.462 e. The zero-order valence-corrected chi connectivity index (χ0v) is 20.8. The van der Waals surface area contributed by atoms with Crippen molar-refractivity contribution in [1.82, 2.24) is 0 Å². The lowest BCUT2D eigenvalue weighted by Gasteiger charge is -2.14. The fraction of sp³-hybridized carbons (Fsp3) is 0.714. The van der Waals surface area contributed by atoms with Crippen molar-refractivity contribution in [2.75, 3.05) is 13.2 Å². The summed E-state index contributed by atoms with van der Waals surface area (Å²) in [6.45, 7) is 7.45. The molecular weight excluding hydrogens is 400 g/mol. The predicted octanol–water partition coefficient (Wildman–Crippen LogP) is 8.14. The standard InChI is InChI=1S/C28H46O4/c1-4-7-9-10-11-12-13-14-15-16-22-31-27(29)25-18-20-26(21-19-25)28(30)32-23-24(6-3)17-8-5-2/h18-21,24H,4-17,22-23H2,1-3H3. The van der Waals surface area contributed by atoms with Crippen LogP contribution in [0.4, 0.5) is 0 Å². The first-order valence-corrected chi connectivity index (χ1v) is 13.1. The number of ether oxygens (including phenoxy) is 2. The van der Waals surface area contributed by atoms with Gasteiger partial charge in [-0.15, -0.1) is 0 Å². The number of rotatable bonds is 19. The third kappa shape index (κ3) is 12.9. The van der Waals surface area contributed by atoms with Gasteiger partial charge in [-0.1, -0.05) is 97.8 Å². The number of hydrogen-bond donors (Lipinski definition) is 0. The van der Waals surface area contributed by atoms with E-state index in [0.29, 0.717) is 30.3 Å². The quantitative estimate of drug-likeness (QED) is 0.159. The average molecular weight is 447 g/mol. The molecule has 1 unspecified atom stereocenters. The van der Waals surface area contributed by atoms with Crippen LogP contribution in [0.25, 0.3) is 0 Å². The lowest BCUT2D eigenvalue weighted by molar-refractivity contribution is 0.0425. The Morgan fingerprint density at radius 3 is 1.62 bits per heavy atom. The van der Waals surface area contributed by atoms with Gasteiger partial charge in [0.25, 0.3) is 0 Å². The number of unbranched alkanes of at least 4 members (excludes halogenated alkanes) is 10. The van der Waals surface area contributed by atoms with Crippen LogP contribution in [0.5, 0.6) is 0 Å². The molecule has 182 valence electrons. The molecule has 0 saturated heterocycles. The Morgan fingerprint density at radius 2 is 1.12 bits per heavy atom. The summed E-state index contributed by atoms with van der Waals surface area (Å²) in [5, 5.41) is 0. The highest BCUT2D eigenvalue weighted by Crippen LogP contribution is 2.15. The zero-order chi connectivity index (χ0) is 23.4. The monoisotopic (exact) mass is 446 g/mol. The van der Waals surface area contributed by atoms with E-state index < -0.39 is 0 Å². The average Bonchev–Trinajstić information content (AvgIpc) is 2.82. The smallest absolute Gasteiger partial charge is 0.338 e. The van der Waals surface area contributed by atoms with Crippen LogP contribution >= 0.6 is 0 Å². The molecule has 1 rings (SSSR count). The van der Waals surface area contributed by atoms with Crippen molar-refractivity contribution >= 4 is 11.9 Å². The van der Waals surface area contributed by atoms with Gasteiger partial charge in [0.1, 0.15) is 0 Å². The van der Waals surface area contributed by atoms with Crippen LogP contribution in [0.15, 0.2) is 24.3 Å². The Bertz CT molecular complexity index is 608. The molecule has 4 heteroatoms. The first-order valence-electron chi connectivity index (χ1n) is 13.1. The van der Waals surface area contributed by atoms with Crippen molar-refractivity contribution in [1.29, 1.82) is 0 Å². The molecule has 0 spiro atoms. The molecular formula is C28H46O4. The first kappa shape index (κ1) is 28.2. The molecule has 0 aliphatic heterocycles. The highest BCUT2D eigenvalue weighted by atomic mass is 16.5. The van der Waals surface area contributed by atoms with Crippen molar-refractivity contribution in [3.63, 3.8) is 0 Å². The van der Waals surface area contributed by atoms with E-state index in [4.69, 9.17) is 9.47 Å². The van der Waals surface area contributed by atoms with Gasteiger partial charge < -0.3 is 9.47 Å². The molecule has 1 aromatic rings. The van der Waals surface area contributed by atoms with E-state index in [1.165, 1.54) is 51.4 Å². The Morgan fingerprint density at radius 1 is 0.656 bits per heavy atom. The zero-order valence-electron chi connectivity index (χ0n) is 20.8. The molecule has 0 aliphatic rings. The second kappa shape index (κ2) is 18.7. The van der Waals surface area contributed by atoms with Crippen molar-refractivity contribution in [2.45, 2.75) is 111 Å². The minimum absolute atomic E-state index is 0.327. The molecule has 32 heavy (non-hydrogen) atoms. The van der Waals surface area contributed by atoms with Crippen molar-refractivity contribution in [3.05, 3.63) is 35.4 Å². The number of benzene rings is 1. The summed E-state index contributed by atoms with van der Waals surface area (Å²) in [7, 11) is 0. The second-order valence-electron chi connectivity index (χ2n) is 8.91. The maximum Gasteiger partial charge on any atom is 0.338 e. The summed E-state index contributed by atoms with van der Waals surface area (Å²) in [5.41, 5.74) is 0.949. The molecule has 0 N–H and O–H groups in total. The fourth-order valence-corrected chi connectivity index (χ4v) is 3.76. The summed E-state index contributed by atoms with van der Waals surface area (Å²) in [4.78, 5) is 24.5. The second-order valence-corrected chi connectivity index (χ2v) is 8.91. The summed E-state index contributed by atoms with van der Waals surface area (Å²) in [6, 6.07) is 6.58. The van der Waals surface area contributed by atoms with Crippen LogP contribution in [0.1, 0.15) is 131 Å². The fourth-order valence-electron chi connectivity index (χ4n) is 3.76. The first-order chi connectivity index (χ1) is 15.6. The van der Waals surface area contributed by atoms with Crippen LogP contribution in [0.2, 0.25) is 0 Å². The Labute approximate surface area is 196 Å². The summed E-state index contributed by atoms with van der Waals surface area (Å²) in [5.74, 6) is -0.240. The number of carbonyl (C=O) groups excluding carboxylic acids is 2. The summed E-state index contributed by atoms with van der Waals surface area (Å²) < 4.78 is 10.8. The number of hydrogen-bond acceptors (Lipinski definition) is 4. The van der Waals surface area contributed by atoms with E-state index in [0.717, 1.165) is 38.5 Å². The molecule has 0 bridgehead atoms. The molecule has 0 fully saturated rings. The van der Waals surface area contributed by atoms with Crippen LogP contribution < -0.4 is 0 Å². The summed E-state index contributed by atoms with van der Waals surface area (Å²) in [6.07, 6.45) is 16.9. The maximum absolute atomic E-state index is 12.3. The molecule has 0 aromatic heterocycles. The molecule has 1 aromatic carbocycles. The molecule has 0 aliphatic carbocycles. The van der Waals surface area contributed by atoms with E-state index in [1.807, 2.05) is 0 Å². The third-order valence-corrected chi connectivity index (χ3v) is 6.08. The van der Waals surface area contributed by atoms with Gasteiger partial charge in [0.15, 0.2) is 0 Å². The topological polar surface area (TPSA) is 52.6 Å². The highest BCUT2D eigenvalue weighted by molar-refractivity contribution is 5.93. The molecule has 4 nitrogen and oxygen atoms in total. The largest absolute Gasteiger partial charge is 0.462 e. The van der Waals surface area contributed by atoms with Crippen molar-refractivity contribution < 1.29 is 19.1 Å². The van der Waals surface area contributed by atoms with Crippen molar-refractivity contribution in [3.8, 4) is 0 Å². The lowest BCUT2D eigenvalue weighted by atomic mass is 10.0. The SMILES string of the molecule is CCCCCCCCCCCCOC(=O)c1ccc(C(=O)OCC(CC)CCCC)cc1. The normalized spacial score (nSPS) is 11.8.